The summed E-state index contributed by atoms with van der Waals surface area (Å²) < 4.78 is 16.7. The Morgan fingerprint density at radius 1 is 0.892 bits per heavy atom. The largest absolute Gasteiger partial charge is 0.493 e. The SMILES string of the molecule is COc1cc([C@H]2[C@H](C(=O)c3ccccc3)N3c4ccccc4C=C[C@H]3C2(C#N)C#N)cc(OC)c1OC. The molecule has 37 heavy (non-hydrogen) atoms. The van der Waals surface area contributed by atoms with Crippen LogP contribution >= 0.6 is 0 Å². The summed E-state index contributed by atoms with van der Waals surface area (Å²) in [4.78, 5) is 16.2. The molecule has 3 aromatic carbocycles. The van der Waals surface area contributed by atoms with Crippen molar-refractivity contribution in [2.45, 2.75) is 18.0 Å². The van der Waals surface area contributed by atoms with E-state index in [2.05, 4.69) is 12.1 Å². The molecule has 1 saturated heterocycles. The number of methoxy groups -OCH3 is 3. The number of hydrogen-bond acceptors (Lipinski definition) is 7. The first kappa shape index (κ1) is 24.0. The standard InChI is InChI=1S/C30H25N3O4/c1-35-23-15-21(16-24(36-2)29(23)37-3)26-27(28(34)20-10-5-4-6-11-20)33-22-12-8-7-9-19(22)13-14-25(33)30(26,17-31)18-32/h4-16,25-27H,1-3H3/t25-,26-,27+/m0/s1. The predicted octanol–water partition coefficient (Wildman–Crippen LogP) is 5.00. The first-order chi connectivity index (χ1) is 18.0. The topological polar surface area (TPSA) is 95.6 Å². The Morgan fingerprint density at radius 2 is 1.51 bits per heavy atom. The van der Waals surface area contributed by atoms with Crippen molar-refractivity contribution in [1.29, 1.82) is 10.5 Å². The van der Waals surface area contributed by atoms with Crippen LogP contribution < -0.4 is 19.1 Å². The summed E-state index contributed by atoms with van der Waals surface area (Å²) in [5.41, 5.74) is 1.22. The maximum atomic E-state index is 14.3. The van der Waals surface area contributed by atoms with Crippen LogP contribution in [0.3, 0.4) is 0 Å². The maximum Gasteiger partial charge on any atom is 0.203 e. The van der Waals surface area contributed by atoms with E-state index in [-0.39, 0.29) is 5.78 Å². The summed E-state index contributed by atoms with van der Waals surface area (Å²) in [7, 11) is 4.52. The minimum Gasteiger partial charge on any atom is -0.493 e. The van der Waals surface area contributed by atoms with E-state index in [1.807, 2.05) is 47.4 Å². The molecule has 5 rings (SSSR count). The third kappa shape index (κ3) is 3.51. The molecule has 2 aliphatic heterocycles. The fraction of sp³-hybridized carbons (Fsp3) is 0.233. The number of benzene rings is 3. The van der Waals surface area contributed by atoms with Crippen LogP contribution in [0.1, 0.15) is 27.4 Å². The van der Waals surface area contributed by atoms with E-state index >= 15 is 0 Å². The lowest BCUT2D eigenvalue weighted by atomic mass is 9.69. The number of carbonyl (C=O) groups is 1. The lowest BCUT2D eigenvalue weighted by molar-refractivity contribution is 0.0950. The Hall–Kier alpha value is -4.75. The zero-order valence-electron chi connectivity index (χ0n) is 20.7. The van der Waals surface area contributed by atoms with Gasteiger partial charge in [-0.3, -0.25) is 4.79 Å². The monoisotopic (exact) mass is 491 g/mol. The second kappa shape index (κ2) is 9.37. The third-order valence-electron chi connectivity index (χ3n) is 7.29. The minimum atomic E-state index is -1.58. The summed E-state index contributed by atoms with van der Waals surface area (Å²) in [6, 6.07) is 23.3. The number of nitriles is 2. The van der Waals surface area contributed by atoms with Crippen LogP contribution in [0.2, 0.25) is 0 Å². The van der Waals surface area contributed by atoms with Crippen LogP contribution in [0.4, 0.5) is 5.69 Å². The molecule has 0 radical (unpaired) electrons. The van der Waals surface area contributed by atoms with Crippen LogP contribution in [0.15, 0.2) is 72.8 Å². The molecule has 0 N–H and O–H groups in total. The summed E-state index contributed by atoms with van der Waals surface area (Å²) in [6.07, 6.45) is 3.78. The highest BCUT2D eigenvalue weighted by Crippen LogP contribution is 2.57. The van der Waals surface area contributed by atoms with Gasteiger partial charge in [-0.25, -0.2) is 0 Å². The lowest BCUT2D eigenvalue weighted by Crippen LogP contribution is -2.44. The molecule has 3 aromatic rings. The molecule has 0 aliphatic carbocycles. The summed E-state index contributed by atoms with van der Waals surface area (Å²) in [5.74, 6) is 0.147. The van der Waals surface area contributed by atoms with Gasteiger partial charge in [0.15, 0.2) is 22.7 Å². The molecular formula is C30H25N3O4. The number of hydrogen-bond donors (Lipinski definition) is 0. The second-order valence-corrected chi connectivity index (χ2v) is 8.97. The number of ketones is 1. The van der Waals surface area contributed by atoms with E-state index in [0.29, 0.717) is 28.4 Å². The van der Waals surface area contributed by atoms with Crippen LogP contribution in [-0.2, 0) is 0 Å². The van der Waals surface area contributed by atoms with E-state index < -0.39 is 23.4 Å². The quantitative estimate of drug-likeness (QED) is 0.448. The van der Waals surface area contributed by atoms with Gasteiger partial charge in [0.05, 0.1) is 39.5 Å². The molecule has 2 heterocycles. The molecule has 3 atom stereocenters. The molecule has 1 fully saturated rings. The first-order valence-electron chi connectivity index (χ1n) is 11.8. The van der Waals surface area contributed by atoms with Gasteiger partial charge in [-0.15, -0.1) is 0 Å². The Morgan fingerprint density at radius 3 is 2.11 bits per heavy atom. The van der Waals surface area contributed by atoms with Crippen LogP contribution in [0.25, 0.3) is 6.08 Å². The highest BCUT2D eigenvalue weighted by Gasteiger charge is 2.63. The van der Waals surface area contributed by atoms with Crippen molar-refractivity contribution < 1.29 is 19.0 Å². The Balaban J connectivity index is 1.82. The average Bonchev–Trinajstić information content (AvgIpc) is 3.27. The molecule has 0 saturated carbocycles. The molecule has 0 spiro atoms. The Kier molecular flexibility index (Phi) is 6.07. The number of fused-ring (bicyclic) bond motifs is 3. The smallest absolute Gasteiger partial charge is 0.203 e. The van der Waals surface area contributed by atoms with Crippen molar-refractivity contribution in [1.82, 2.24) is 0 Å². The van der Waals surface area contributed by atoms with E-state index in [9.17, 15) is 15.3 Å². The fourth-order valence-corrected chi connectivity index (χ4v) is 5.66. The molecule has 0 unspecified atom stereocenters. The summed E-state index contributed by atoms with van der Waals surface area (Å²) in [6.45, 7) is 0. The minimum absolute atomic E-state index is 0.179. The molecule has 0 aromatic heterocycles. The van der Waals surface area contributed by atoms with Gasteiger partial charge in [0.25, 0.3) is 0 Å². The number of ether oxygens (including phenoxy) is 3. The Bertz CT molecular complexity index is 1430. The average molecular weight is 492 g/mol. The zero-order chi connectivity index (χ0) is 26.2. The van der Waals surface area contributed by atoms with Crippen molar-refractivity contribution in [3.8, 4) is 29.4 Å². The number of rotatable bonds is 6. The van der Waals surface area contributed by atoms with Crippen molar-refractivity contribution >= 4 is 17.5 Å². The van der Waals surface area contributed by atoms with E-state index in [1.54, 1.807) is 36.4 Å². The molecular weight excluding hydrogens is 466 g/mol. The van der Waals surface area contributed by atoms with Crippen LogP contribution in [-0.4, -0.2) is 39.2 Å². The van der Waals surface area contributed by atoms with E-state index in [4.69, 9.17) is 14.2 Å². The van der Waals surface area contributed by atoms with Crippen molar-refractivity contribution in [3.63, 3.8) is 0 Å². The van der Waals surface area contributed by atoms with E-state index in [1.165, 1.54) is 21.3 Å². The molecule has 7 nitrogen and oxygen atoms in total. The molecule has 7 heteroatoms. The van der Waals surface area contributed by atoms with Crippen molar-refractivity contribution in [2.24, 2.45) is 5.41 Å². The predicted molar refractivity (Wildman–Crippen MR) is 139 cm³/mol. The van der Waals surface area contributed by atoms with Gasteiger partial charge in [-0.05, 0) is 29.3 Å². The van der Waals surface area contributed by atoms with Crippen LogP contribution in [0, 0.1) is 28.1 Å². The molecule has 184 valence electrons. The molecule has 2 aliphatic rings. The molecule has 0 bridgehead atoms. The molecule has 0 amide bonds. The Labute approximate surface area is 215 Å². The van der Waals surface area contributed by atoms with Crippen LogP contribution in [0.5, 0.6) is 17.2 Å². The van der Waals surface area contributed by atoms with Gasteiger partial charge < -0.3 is 19.1 Å². The summed E-state index contributed by atoms with van der Waals surface area (Å²) >= 11 is 0. The highest BCUT2D eigenvalue weighted by atomic mass is 16.5. The van der Waals surface area contributed by atoms with Gasteiger partial charge >= 0.3 is 0 Å². The van der Waals surface area contributed by atoms with Gasteiger partial charge in [-0.1, -0.05) is 60.7 Å². The number of nitrogens with zero attached hydrogens (tertiary/aromatic N) is 3. The fourth-order valence-electron chi connectivity index (χ4n) is 5.66. The van der Waals surface area contributed by atoms with Crippen molar-refractivity contribution in [2.75, 3.05) is 26.2 Å². The number of Topliss-reactive ketones (excluding diaryl/α,β-unsaturated/α-hetero) is 1. The second-order valence-electron chi connectivity index (χ2n) is 8.97. The third-order valence-corrected chi connectivity index (χ3v) is 7.29. The first-order valence-corrected chi connectivity index (χ1v) is 11.8. The van der Waals surface area contributed by atoms with Gasteiger partial charge in [0.2, 0.25) is 5.75 Å². The maximum absolute atomic E-state index is 14.3. The number of anilines is 1. The number of carbonyl (C=O) groups excluding carboxylic acids is 1. The zero-order valence-corrected chi connectivity index (χ0v) is 20.7. The summed E-state index contributed by atoms with van der Waals surface area (Å²) in [5, 5.41) is 21.3. The van der Waals surface area contributed by atoms with Gasteiger partial charge in [0, 0.05) is 17.2 Å². The number of para-hydroxylation sites is 1. The van der Waals surface area contributed by atoms with Gasteiger partial charge in [0.1, 0.15) is 6.04 Å². The normalized spacial score (nSPS) is 20.7. The van der Waals surface area contributed by atoms with E-state index in [0.717, 1.165) is 11.3 Å². The highest BCUT2D eigenvalue weighted by molar-refractivity contribution is 6.04. The lowest BCUT2D eigenvalue weighted by Gasteiger charge is -2.35. The van der Waals surface area contributed by atoms with Gasteiger partial charge in [-0.2, -0.15) is 10.5 Å². The van der Waals surface area contributed by atoms with Crippen molar-refractivity contribution in [3.05, 3.63) is 89.5 Å².